The molecule has 2 heterocycles. The predicted octanol–water partition coefficient (Wildman–Crippen LogP) is 5.42. The molecule has 4 nitrogen and oxygen atoms in total. The largest absolute Gasteiger partial charge is 0.452 e. The van der Waals surface area contributed by atoms with Gasteiger partial charge in [0.1, 0.15) is 5.76 Å². The van der Waals surface area contributed by atoms with Crippen LogP contribution in [-0.2, 0) is 6.42 Å². The highest BCUT2D eigenvalue weighted by molar-refractivity contribution is 6.33. The maximum Gasteiger partial charge on any atom is 0.229 e. The van der Waals surface area contributed by atoms with E-state index in [9.17, 15) is 9.59 Å². The predicted molar refractivity (Wildman–Crippen MR) is 104 cm³/mol. The minimum Gasteiger partial charge on any atom is -0.452 e. The quantitative estimate of drug-likeness (QED) is 0.448. The number of halogens is 1. The average Bonchev–Trinajstić information content (AvgIpc) is 3.27. The highest BCUT2D eigenvalue weighted by atomic mass is 35.5. The zero-order chi connectivity index (χ0) is 18.7. The lowest BCUT2D eigenvalue weighted by atomic mass is 9.88. The van der Waals surface area contributed by atoms with E-state index in [1.807, 2.05) is 31.2 Å². The number of ketones is 2. The lowest BCUT2D eigenvalue weighted by Crippen LogP contribution is -2.18. The van der Waals surface area contributed by atoms with E-state index in [1.54, 1.807) is 18.2 Å². The summed E-state index contributed by atoms with van der Waals surface area (Å²) >= 11 is 6.01. The van der Waals surface area contributed by atoms with Gasteiger partial charge in [0.2, 0.25) is 5.78 Å². The molecule has 1 aliphatic carbocycles. The van der Waals surface area contributed by atoms with Crippen LogP contribution in [0, 0.1) is 0 Å². The molecule has 0 amide bonds. The number of aromatic nitrogens is 1. The smallest absolute Gasteiger partial charge is 0.229 e. The van der Waals surface area contributed by atoms with Gasteiger partial charge < -0.3 is 9.40 Å². The molecule has 5 heteroatoms. The van der Waals surface area contributed by atoms with E-state index in [1.165, 1.54) is 6.07 Å². The first-order valence-corrected chi connectivity index (χ1v) is 9.09. The van der Waals surface area contributed by atoms with Crippen LogP contribution in [0.25, 0.3) is 22.2 Å². The second kappa shape index (κ2) is 5.69. The summed E-state index contributed by atoms with van der Waals surface area (Å²) in [5.41, 5.74) is 3.84. The minimum atomic E-state index is -0.314. The van der Waals surface area contributed by atoms with Gasteiger partial charge in [-0.25, -0.2) is 0 Å². The van der Waals surface area contributed by atoms with Gasteiger partial charge in [-0.1, -0.05) is 36.7 Å². The molecule has 0 spiro atoms. The van der Waals surface area contributed by atoms with E-state index in [2.05, 4.69) is 4.98 Å². The first-order chi connectivity index (χ1) is 13.1. The van der Waals surface area contributed by atoms with Crippen LogP contribution in [-0.4, -0.2) is 16.6 Å². The summed E-state index contributed by atoms with van der Waals surface area (Å²) in [5.74, 6) is 0.0717. The van der Waals surface area contributed by atoms with Crippen molar-refractivity contribution in [3.05, 3.63) is 81.7 Å². The van der Waals surface area contributed by atoms with E-state index < -0.39 is 0 Å². The first kappa shape index (κ1) is 16.1. The number of H-pyrrole nitrogens is 1. The number of furan rings is 1. The highest BCUT2D eigenvalue weighted by Crippen LogP contribution is 2.38. The van der Waals surface area contributed by atoms with Crippen molar-refractivity contribution in [1.82, 2.24) is 4.98 Å². The fraction of sp³-hybridized carbons (Fsp3) is 0.0909. The van der Waals surface area contributed by atoms with Crippen molar-refractivity contribution in [2.24, 2.45) is 0 Å². The van der Waals surface area contributed by atoms with E-state index in [-0.39, 0.29) is 22.9 Å². The van der Waals surface area contributed by atoms with Gasteiger partial charge in [-0.15, -0.1) is 0 Å². The van der Waals surface area contributed by atoms with Crippen LogP contribution < -0.4 is 0 Å². The maximum atomic E-state index is 12.9. The number of carbonyl (C=O) groups excluding carboxylic acids is 2. The molecule has 0 radical (unpaired) electrons. The van der Waals surface area contributed by atoms with E-state index in [0.717, 1.165) is 28.6 Å². The van der Waals surface area contributed by atoms with E-state index >= 15 is 0 Å². The Hall–Kier alpha value is -3.11. The fourth-order valence-corrected chi connectivity index (χ4v) is 3.94. The molecule has 5 rings (SSSR count). The number of para-hydroxylation sites is 1. The Labute approximate surface area is 159 Å². The monoisotopic (exact) mass is 375 g/mol. The van der Waals surface area contributed by atoms with Crippen molar-refractivity contribution in [3.63, 3.8) is 0 Å². The molecular weight excluding hydrogens is 362 g/mol. The Morgan fingerprint density at radius 3 is 2.59 bits per heavy atom. The fourth-order valence-electron chi connectivity index (χ4n) is 3.77. The zero-order valence-electron chi connectivity index (χ0n) is 14.4. The third kappa shape index (κ3) is 2.23. The molecule has 2 aromatic heterocycles. The molecule has 0 saturated carbocycles. The van der Waals surface area contributed by atoms with Gasteiger partial charge in [-0.05, 0) is 36.8 Å². The molecular formula is C22H14ClNO3. The van der Waals surface area contributed by atoms with Crippen LogP contribution in [0.4, 0.5) is 0 Å². The summed E-state index contributed by atoms with van der Waals surface area (Å²) in [6.45, 7) is 2.05. The molecule has 4 aromatic rings. The van der Waals surface area contributed by atoms with Crippen LogP contribution in [0.3, 0.4) is 0 Å². The molecule has 1 aliphatic rings. The SMILES string of the molecule is CCc1[nH]c2ccccc2c1-c1cc2c(o1)C(=O)c1cc(Cl)ccc1C2=O. The Morgan fingerprint density at radius 1 is 0.963 bits per heavy atom. The van der Waals surface area contributed by atoms with Crippen LogP contribution >= 0.6 is 11.6 Å². The van der Waals surface area contributed by atoms with Crippen molar-refractivity contribution in [1.29, 1.82) is 0 Å². The van der Waals surface area contributed by atoms with Crippen molar-refractivity contribution in [3.8, 4) is 11.3 Å². The molecule has 0 atom stereocenters. The highest BCUT2D eigenvalue weighted by Gasteiger charge is 2.34. The number of aromatic amines is 1. The zero-order valence-corrected chi connectivity index (χ0v) is 15.2. The molecule has 0 fully saturated rings. The summed E-state index contributed by atoms with van der Waals surface area (Å²) in [7, 11) is 0. The summed E-state index contributed by atoms with van der Waals surface area (Å²) in [6.07, 6.45) is 0.771. The number of fused-ring (bicyclic) bond motifs is 3. The van der Waals surface area contributed by atoms with Crippen LogP contribution in [0.5, 0.6) is 0 Å². The van der Waals surface area contributed by atoms with Gasteiger partial charge in [0, 0.05) is 38.3 Å². The van der Waals surface area contributed by atoms with Gasteiger partial charge >= 0.3 is 0 Å². The normalized spacial score (nSPS) is 13.1. The van der Waals surface area contributed by atoms with Crippen molar-refractivity contribution >= 4 is 34.1 Å². The standard InChI is InChI=1S/C22H14ClNO3/c1-2-16-19(13-5-3-4-6-17(13)24-16)18-10-15-20(25)12-8-7-11(23)9-14(12)21(26)22(15)27-18/h3-10,24H,2H2,1H3. The Kier molecular flexibility index (Phi) is 3.39. The Balaban J connectivity index is 1.75. The number of nitrogens with one attached hydrogen (secondary N) is 1. The van der Waals surface area contributed by atoms with Gasteiger partial charge in [-0.3, -0.25) is 9.59 Å². The van der Waals surface area contributed by atoms with E-state index in [4.69, 9.17) is 16.0 Å². The molecule has 0 unspecified atom stereocenters. The van der Waals surface area contributed by atoms with Gasteiger partial charge in [0.25, 0.3) is 0 Å². The average molecular weight is 376 g/mol. The number of benzene rings is 2. The second-order valence-corrected chi connectivity index (χ2v) is 7.02. The van der Waals surface area contributed by atoms with Crippen molar-refractivity contribution in [2.45, 2.75) is 13.3 Å². The summed E-state index contributed by atoms with van der Waals surface area (Å²) in [4.78, 5) is 29.2. The molecule has 1 N–H and O–H groups in total. The number of aryl methyl sites for hydroxylation is 1. The van der Waals surface area contributed by atoms with E-state index in [0.29, 0.717) is 21.9 Å². The maximum absolute atomic E-state index is 12.9. The molecule has 27 heavy (non-hydrogen) atoms. The van der Waals surface area contributed by atoms with Crippen LogP contribution in [0.2, 0.25) is 5.02 Å². The third-order valence-corrected chi connectivity index (χ3v) is 5.27. The minimum absolute atomic E-state index is 0.0806. The first-order valence-electron chi connectivity index (χ1n) is 8.71. The number of rotatable bonds is 2. The number of hydrogen-bond acceptors (Lipinski definition) is 3. The molecule has 0 saturated heterocycles. The summed E-state index contributed by atoms with van der Waals surface area (Å²) < 4.78 is 5.95. The molecule has 0 aliphatic heterocycles. The second-order valence-electron chi connectivity index (χ2n) is 6.58. The summed E-state index contributed by atoms with van der Waals surface area (Å²) in [6, 6.07) is 14.3. The third-order valence-electron chi connectivity index (χ3n) is 5.04. The van der Waals surface area contributed by atoms with Crippen molar-refractivity contribution in [2.75, 3.05) is 0 Å². The Morgan fingerprint density at radius 2 is 1.78 bits per heavy atom. The lowest BCUT2D eigenvalue weighted by molar-refractivity contribution is 0.0961. The molecule has 2 aromatic carbocycles. The van der Waals surface area contributed by atoms with Gasteiger partial charge in [-0.2, -0.15) is 0 Å². The summed E-state index contributed by atoms with van der Waals surface area (Å²) in [5, 5.41) is 1.41. The number of carbonyl (C=O) groups is 2. The van der Waals surface area contributed by atoms with Gasteiger partial charge in [0.15, 0.2) is 11.5 Å². The van der Waals surface area contributed by atoms with Crippen LogP contribution in [0.15, 0.2) is 52.9 Å². The molecule has 132 valence electrons. The van der Waals surface area contributed by atoms with Crippen LogP contribution in [0.1, 0.15) is 44.7 Å². The lowest BCUT2D eigenvalue weighted by Gasteiger charge is -2.12. The topological polar surface area (TPSA) is 63.1 Å². The van der Waals surface area contributed by atoms with Crippen molar-refractivity contribution < 1.29 is 14.0 Å². The van der Waals surface area contributed by atoms with Gasteiger partial charge in [0.05, 0.1) is 5.56 Å². The number of hydrogen-bond donors (Lipinski definition) is 1. The Bertz CT molecular complexity index is 1260. The molecule has 0 bridgehead atoms.